The summed E-state index contributed by atoms with van der Waals surface area (Å²) in [5.74, 6) is 0.306. The van der Waals surface area contributed by atoms with Gasteiger partial charge < -0.3 is 15.5 Å². The minimum absolute atomic E-state index is 0. The lowest BCUT2D eigenvalue weighted by molar-refractivity contribution is -0.378. The fraction of sp³-hybridized carbons (Fsp3) is 0.552. The summed E-state index contributed by atoms with van der Waals surface area (Å²) < 4.78 is 5.05. The van der Waals surface area contributed by atoms with Gasteiger partial charge in [-0.25, -0.2) is 9.78 Å². The van der Waals surface area contributed by atoms with Crippen molar-refractivity contribution in [1.29, 1.82) is 0 Å². The minimum Gasteiger partial charge on any atom is -0.870 e. The smallest absolute Gasteiger partial charge is 0.328 e. The number of esters is 1. The molecule has 4 rings (SSSR count). The first-order valence-electron chi connectivity index (χ1n) is 12.7. The highest BCUT2D eigenvalue weighted by Gasteiger charge is 2.55. The van der Waals surface area contributed by atoms with Gasteiger partial charge in [0, 0.05) is 18.1 Å². The summed E-state index contributed by atoms with van der Waals surface area (Å²) in [7, 11) is 1.38. The molecule has 0 saturated heterocycles. The first kappa shape index (κ1) is 26.9. The standard InChI is InChI=1S/C29H38N2O3.H2O/c1-19(2)21-9-11-23-22(17-21)10-12-25-28(23,3)13-7-14-29(25,4)27(33)31-24(26(32)34-5)16-20-8-6-15-30-18-20;/h6,8-9,11,15,17-19,24-25H,7,10,12-14,16H2,1-5H3,(H,31,33);1H2/t24-,25-,28-,29-;/m1./s1. The van der Waals surface area contributed by atoms with Gasteiger partial charge in [0.2, 0.25) is 5.91 Å². The van der Waals surface area contributed by atoms with E-state index < -0.39 is 17.4 Å². The molecule has 0 aliphatic heterocycles. The number of hydrogen-bond acceptors (Lipinski definition) is 4. The first-order chi connectivity index (χ1) is 16.2. The van der Waals surface area contributed by atoms with Crippen LogP contribution in [0, 0.1) is 11.3 Å². The molecular formula is C29H40N2O4. The number of carbonyl (C=O) groups is 2. The zero-order valence-electron chi connectivity index (χ0n) is 21.7. The van der Waals surface area contributed by atoms with Crippen LogP contribution in [-0.4, -0.2) is 30.5 Å². The van der Waals surface area contributed by atoms with Crippen molar-refractivity contribution in [2.75, 3.05) is 7.11 Å². The number of aromatic amines is 1. The second-order valence-electron chi connectivity index (χ2n) is 11.0. The number of aromatic nitrogens is 1. The Morgan fingerprint density at radius 2 is 1.97 bits per heavy atom. The molecule has 0 radical (unpaired) electrons. The van der Waals surface area contributed by atoms with Crippen molar-refractivity contribution in [2.45, 2.75) is 83.6 Å². The van der Waals surface area contributed by atoms with E-state index in [2.05, 4.69) is 56.2 Å². The average Bonchev–Trinajstić information content (AvgIpc) is 2.83. The van der Waals surface area contributed by atoms with Gasteiger partial charge in [0.25, 0.3) is 0 Å². The second kappa shape index (κ2) is 10.5. The summed E-state index contributed by atoms with van der Waals surface area (Å²) in [5.41, 5.74) is 4.62. The minimum atomic E-state index is -0.706. The molecular weight excluding hydrogens is 440 g/mol. The van der Waals surface area contributed by atoms with E-state index in [1.54, 1.807) is 0 Å². The molecule has 190 valence electrons. The Morgan fingerprint density at radius 1 is 1.20 bits per heavy atom. The van der Waals surface area contributed by atoms with E-state index in [4.69, 9.17) is 4.74 Å². The van der Waals surface area contributed by atoms with E-state index in [-0.39, 0.29) is 22.7 Å². The van der Waals surface area contributed by atoms with Gasteiger partial charge in [0.05, 0.1) is 12.5 Å². The van der Waals surface area contributed by atoms with Crippen molar-refractivity contribution >= 4 is 11.9 Å². The van der Waals surface area contributed by atoms with Crippen molar-refractivity contribution in [3.63, 3.8) is 0 Å². The molecule has 1 fully saturated rings. The lowest BCUT2D eigenvalue weighted by atomic mass is 9.49. The zero-order chi connectivity index (χ0) is 24.5. The highest BCUT2D eigenvalue weighted by Crippen LogP contribution is 2.57. The molecule has 6 heteroatoms. The number of hydrogen-bond donors (Lipinski definition) is 1. The monoisotopic (exact) mass is 480 g/mol. The third-order valence-electron chi connectivity index (χ3n) is 8.57. The van der Waals surface area contributed by atoms with Crippen molar-refractivity contribution < 1.29 is 24.8 Å². The Balaban J connectivity index is 0.00000342. The van der Waals surface area contributed by atoms with Crippen LogP contribution in [0.5, 0.6) is 0 Å². The lowest BCUT2D eigenvalue weighted by Crippen LogP contribution is -2.57. The summed E-state index contributed by atoms with van der Waals surface area (Å²) >= 11 is 0. The Hall–Kier alpha value is -2.73. The number of fused-ring (bicyclic) bond motifs is 3. The number of carbonyl (C=O) groups excluding carboxylic acids is 2. The van der Waals surface area contributed by atoms with Crippen LogP contribution in [0.15, 0.2) is 42.7 Å². The molecule has 0 spiro atoms. The number of nitrogens with one attached hydrogen (secondary N) is 2. The van der Waals surface area contributed by atoms with Gasteiger partial charge in [-0.05, 0) is 65.7 Å². The predicted octanol–water partition coefficient (Wildman–Crippen LogP) is 4.36. The van der Waals surface area contributed by atoms with Gasteiger partial charge in [-0.15, -0.1) is 0 Å². The number of methoxy groups -OCH3 is 1. The third-order valence-corrected chi connectivity index (χ3v) is 8.57. The largest absolute Gasteiger partial charge is 0.870 e. The van der Waals surface area contributed by atoms with Crippen molar-refractivity contribution in [1.82, 2.24) is 5.32 Å². The van der Waals surface area contributed by atoms with E-state index >= 15 is 0 Å². The van der Waals surface area contributed by atoms with Crippen LogP contribution in [0.3, 0.4) is 0 Å². The third kappa shape index (κ3) is 4.99. The number of ether oxygens (including phenoxy) is 1. The summed E-state index contributed by atoms with van der Waals surface area (Å²) in [6, 6.07) is 10.1. The Labute approximate surface area is 209 Å². The normalized spacial score (nSPS) is 26.1. The Bertz CT molecular complexity index is 1050. The molecule has 1 heterocycles. The molecule has 6 nitrogen and oxygen atoms in total. The van der Waals surface area contributed by atoms with E-state index in [0.717, 1.165) is 37.7 Å². The predicted molar refractivity (Wildman–Crippen MR) is 134 cm³/mol. The Kier molecular flexibility index (Phi) is 8.05. The van der Waals surface area contributed by atoms with Gasteiger partial charge in [0.15, 0.2) is 12.4 Å². The topological polar surface area (TPSA) is 99.5 Å². The van der Waals surface area contributed by atoms with Gasteiger partial charge in [0.1, 0.15) is 6.04 Å². The molecule has 35 heavy (non-hydrogen) atoms. The molecule has 2 aliphatic carbocycles. The van der Waals surface area contributed by atoms with E-state index in [1.807, 2.05) is 24.5 Å². The number of aryl methyl sites for hydroxylation is 1. The summed E-state index contributed by atoms with van der Waals surface area (Å²) in [5, 5.41) is 3.10. The summed E-state index contributed by atoms with van der Waals surface area (Å²) in [4.78, 5) is 29.5. The summed E-state index contributed by atoms with van der Waals surface area (Å²) in [6.07, 6.45) is 8.99. The maximum absolute atomic E-state index is 13.9. The number of rotatable bonds is 6. The molecule has 0 unspecified atom stereocenters. The molecule has 1 amide bonds. The fourth-order valence-corrected chi connectivity index (χ4v) is 6.59. The molecule has 1 saturated carbocycles. The quantitative estimate of drug-likeness (QED) is 0.621. The molecule has 0 bridgehead atoms. The van der Waals surface area contributed by atoms with Crippen LogP contribution in [0.1, 0.15) is 81.5 Å². The Morgan fingerprint density at radius 3 is 2.63 bits per heavy atom. The van der Waals surface area contributed by atoms with E-state index in [1.165, 1.54) is 23.8 Å². The van der Waals surface area contributed by atoms with Crippen molar-refractivity contribution in [3.8, 4) is 0 Å². The molecule has 2 aromatic rings. The van der Waals surface area contributed by atoms with Crippen LogP contribution < -0.4 is 10.3 Å². The maximum Gasteiger partial charge on any atom is 0.328 e. The molecule has 2 aliphatic rings. The van der Waals surface area contributed by atoms with Gasteiger partial charge in [-0.3, -0.25) is 4.79 Å². The van der Waals surface area contributed by atoms with Crippen LogP contribution in [0.2, 0.25) is 0 Å². The molecule has 1 aromatic heterocycles. The van der Waals surface area contributed by atoms with Crippen LogP contribution in [-0.2, 0) is 32.6 Å². The van der Waals surface area contributed by atoms with Crippen LogP contribution in [0.4, 0.5) is 0 Å². The number of pyridine rings is 1. The van der Waals surface area contributed by atoms with Crippen LogP contribution in [0.25, 0.3) is 0 Å². The highest BCUT2D eigenvalue weighted by atomic mass is 16.5. The fourth-order valence-electron chi connectivity index (χ4n) is 6.59. The molecule has 1 aromatic carbocycles. The lowest BCUT2D eigenvalue weighted by Gasteiger charge is -2.54. The second-order valence-corrected chi connectivity index (χ2v) is 11.0. The number of amides is 1. The van der Waals surface area contributed by atoms with Crippen molar-refractivity contribution in [2.24, 2.45) is 11.3 Å². The SMILES string of the molecule is COC(=O)[C@@H](Cc1ccc[nH+]c1)NC(=O)[C@]1(C)CCC[C@]2(C)c3ccc(C(C)C)cc3CC[C@@H]12.[OH-]. The highest BCUT2D eigenvalue weighted by molar-refractivity contribution is 5.88. The van der Waals surface area contributed by atoms with Gasteiger partial charge in [-0.2, -0.15) is 0 Å². The van der Waals surface area contributed by atoms with Crippen molar-refractivity contribution in [3.05, 3.63) is 65.0 Å². The zero-order valence-corrected chi connectivity index (χ0v) is 21.7. The van der Waals surface area contributed by atoms with Crippen LogP contribution >= 0.6 is 0 Å². The maximum atomic E-state index is 13.9. The molecule has 3 N–H and O–H groups in total. The average molecular weight is 481 g/mol. The number of H-pyrrole nitrogens is 1. The van der Waals surface area contributed by atoms with Gasteiger partial charge >= 0.3 is 5.97 Å². The van der Waals surface area contributed by atoms with E-state index in [0.29, 0.717) is 12.3 Å². The van der Waals surface area contributed by atoms with E-state index in [9.17, 15) is 9.59 Å². The molecule has 4 atom stereocenters. The summed E-state index contributed by atoms with van der Waals surface area (Å²) in [6.45, 7) is 8.94. The number of benzene rings is 1. The first-order valence-corrected chi connectivity index (χ1v) is 12.7. The van der Waals surface area contributed by atoms with Gasteiger partial charge in [-0.1, -0.05) is 52.3 Å².